The molecule has 0 saturated carbocycles. The van der Waals surface area contributed by atoms with E-state index in [4.69, 9.17) is 22.1 Å². The molecule has 0 unspecified atom stereocenters. The number of rotatable bonds is 8. The van der Waals surface area contributed by atoms with Gasteiger partial charge in [0.25, 0.3) is 5.91 Å². The van der Waals surface area contributed by atoms with Crippen molar-refractivity contribution >= 4 is 23.9 Å². The zero-order valence-electron chi connectivity index (χ0n) is 14.6. The van der Waals surface area contributed by atoms with Crippen molar-refractivity contribution in [2.24, 2.45) is 5.73 Å². The van der Waals surface area contributed by atoms with Crippen molar-refractivity contribution in [3.8, 4) is 5.75 Å². The second-order valence-electron chi connectivity index (χ2n) is 5.90. The Morgan fingerprint density at radius 3 is 2.69 bits per heavy atom. The lowest BCUT2D eigenvalue weighted by Gasteiger charge is -2.16. The maximum Gasteiger partial charge on any atom is 0.251 e. The molecule has 3 N–H and O–H groups in total. The summed E-state index contributed by atoms with van der Waals surface area (Å²) in [5.41, 5.74) is 8.29. The van der Waals surface area contributed by atoms with Gasteiger partial charge in [0.05, 0.1) is 17.1 Å². The molecule has 7 heteroatoms. The Kier molecular flexibility index (Phi) is 6.58. The summed E-state index contributed by atoms with van der Waals surface area (Å²) in [6.45, 7) is 4.42. The van der Waals surface area contributed by atoms with Gasteiger partial charge in [-0.3, -0.25) is 9.59 Å². The number of benzene rings is 2. The molecule has 0 aliphatic heterocycles. The van der Waals surface area contributed by atoms with Gasteiger partial charge in [0.1, 0.15) is 18.2 Å². The van der Waals surface area contributed by atoms with Crippen molar-refractivity contribution < 1.29 is 18.7 Å². The summed E-state index contributed by atoms with van der Waals surface area (Å²) in [6.07, 6.45) is 1.06. The highest BCUT2D eigenvalue weighted by molar-refractivity contribution is 6.33. The van der Waals surface area contributed by atoms with Crippen molar-refractivity contribution in [1.29, 1.82) is 0 Å². The van der Waals surface area contributed by atoms with Crippen LogP contribution in [0.4, 0.5) is 4.39 Å². The molecule has 26 heavy (non-hydrogen) atoms. The minimum atomic E-state index is -0.797. The van der Waals surface area contributed by atoms with Crippen LogP contribution in [0.1, 0.15) is 32.6 Å². The fourth-order valence-electron chi connectivity index (χ4n) is 2.64. The van der Waals surface area contributed by atoms with Gasteiger partial charge in [-0.2, -0.15) is 0 Å². The molecule has 0 saturated heterocycles. The van der Waals surface area contributed by atoms with Crippen LogP contribution in [-0.2, 0) is 11.2 Å². The molecule has 0 bridgehead atoms. The summed E-state index contributed by atoms with van der Waals surface area (Å²) in [7, 11) is 0. The smallest absolute Gasteiger partial charge is 0.251 e. The van der Waals surface area contributed by atoms with Crippen LogP contribution in [0.3, 0.4) is 0 Å². The van der Waals surface area contributed by atoms with Gasteiger partial charge in [0.15, 0.2) is 0 Å². The molecule has 2 amide bonds. The molecule has 5 nitrogen and oxygen atoms in total. The largest absolute Gasteiger partial charge is 0.490 e. The highest BCUT2D eigenvalue weighted by atomic mass is 35.5. The normalized spacial score (nSPS) is 10.5. The van der Waals surface area contributed by atoms with E-state index in [-0.39, 0.29) is 5.56 Å². The third-order valence-corrected chi connectivity index (χ3v) is 4.48. The van der Waals surface area contributed by atoms with E-state index in [0.717, 1.165) is 16.7 Å². The van der Waals surface area contributed by atoms with E-state index in [1.165, 1.54) is 12.1 Å². The third-order valence-electron chi connectivity index (χ3n) is 4.03. The minimum Gasteiger partial charge on any atom is -0.490 e. The van der Waals surface area contributed by atoms with E-state index < -0.39 is 11.7 Å². The van der Waals surface area contributed by atoms with Crippen molar-refractivity contribution in [2.45, 2.75) is 20.3 Å². The molecular formula is C19H20ClFN2O3. The van der Waals surface area contributed by atoms with Crippen LogP contribution in [0, 0.1) is 19.7 Å². The highest BCUT2D eigenvalue weighted by Gasteiger charge is 2.15. The van der Waals surface area contributed by atoms with Crippen LogP contribution in [0.25, 0.3) is 0 Å². The third kappa shape index (κ3) is 4.52. The Bertz CT molecular complexity index is 840. The van der Waals surface area contributed by atoms with E-state index in [0.29, 0.717) is 42.3 Å². The van der Waals surface area contributed by atoms with Crippen molar-refractivity contribution in [1.82, 2.24) is 5.32 Å². The van der Waals surface area contributed by atoms with E-state index in [1.807, 2.05) is 19.9 Å². The average molecular weight is 379 g/mol. The lowest BCUT2D eigenvalue weighted by atomic mass is 9.97. The quantitative estimate of drug-likeness (QED) is 0.547. The number of nitrogens with one attached hydrogen (secondary N) is 1. The van der Waals surface area contributed by atoms with Gasteiger partial charge >= 0.3 is 0 Å². The zero-order valence-corrected chi connectivity index (χ0v) is 15.3. The van der Waals surface area contributed by atoms with Crippen LogP contribution < -0.4 is 15.8 Å². The number of carbonyl (C=O) groups excluding carboxylic acids is 2. The number of hydrogen-bond acceptors (Lipinski definition) is 3. The predicted molar refractivity (Wildman–Crippen MR) is 98.2 cm³/mol. The lowest BCUT2D eigenvalue weighted by Crippen LogP contribution is -2.19. The summed E-state index contributed by atoms with van der Waals surface area (Å²) in [5.74, 6) is -0.872. The van der Waals surface area contributed by atoms with Crippen LogP contribution in [0.2, 0.25) is 5.02 Å². The molecule has 2 rings (SSSR count). The Hall–Kier alpha value is -2.60. The monoisotopic (exact) mass is 378 g/mol. The number of halogens is 2. The highest BCUT2D eigenvalue weighted by Crippen LogP contribution is 2.35. The lowest BCUT2D eigenvalue weighted by molar-refractivity contribution is -0.109. The van der Waals surface area contributed by atoms with E-state index in [1.54, 1.807) is 6.07 Å². The average Bonchev–Trinajstić information content (AvgIpc) is 2.58. The van der Waals surface area contributed by atoms with Crippen LogP contribution in [-0.4, -0.2) is 25.5 Å². The number of primary amides is 1. The number of hydrogen-bond donors (Lipinski definition) is 2. The molecule has 138 valence electrons. The first kappa shape index (κ1) is 19.7. The van der Waals surface area contributed by atoms with Gasteiger partial charge in [-0.25, -0.2) is 4.39 Å². The summed E-state index contributed by atoms with van der Waals surface area (Å²) in [6, 6.07) is 6.29. The van der Waals surface area contributed by atoms with Gasteiger partial charge < -0.3 is 15.8 Å². The number of ether oxygens (including phenoxy) is 1. The summed E-state index contributed by atoms with van der Waals surface area (Å²) < 4.78 is 19.6. The van der Waals surface area contributed by atoms with Gasteiger partial charge in [-0.15, -0.1) is 0 Å². The van der Waals surface area contributed by atoms with Gasteiger partial charge in [-0.05, 0) is 54.7 Å². The van der Waals surface area contributed by atoms with Crippen molar-refractivity contribution in [2.75, 3.05) is 13.2 Å². The molecule has 0 heterocycles. The standard InChI is InChI=1S/C19H20ClFN2O3/c1-11-7-14(8-13-3-4-15(19(22)25)16(21)9-13)12(2)17(20)18(11)26-6-5-23-10-24/h3-4,7,9-10H,5-6,8H2,1-2H3,(H2,22,25)(H,23,24). The molecule has 0 spiro atoms. The number of nitrogens with two attached hydrogens (primary N) is 1. The number of amides is 2. The Balaban J connectivity index is 2.24. The Labute approximate surface area is 156 Å². The van der Waals surface area contributed by atoms with Crippen LogP contribution >= 0.6 is 11.6 Å². The molecule has 2 aromatic carbocycles. The molecule has 0 radical (unpaired) electrons. The molecule has 0 aromatic heterocycles. The van der Waals surface area contributed by atoms with Crippen LogP contribution in [0.5, 0.6) is 5.75 Å². The van der Waals surface area contributed by atoms with Gasteiger partial charge in [-0.1, -0.05) is 23.7 Å². The van der Waals surface area contributed by atoms with E-state index in [9.17, 15) is 14.0 Å². The number of carbonyl (C=O) groups is 2. The second kappa shape index (κ2) is 8.67. The molecule has 0 aliphatic carbocycles. The number of aryl methyl sites for hydroxylation is 1. The molecule has 0 aliphatic rings. The van der Waals surface area contributed by atoms with Crippen molar-refractivity contribution in [3.63, 3.8) is 0 Å². The molecule has 0 atom stereocenters. The first-order chi connectivity index (χ1) is 12.3. The fourth-order valence-corrected chi connectivity index (χ4v) is 2.96. The molecular weight excluding hydrogens is 359 g/mol. The summed E-state index contributed by atoms with van der Waals surface area (Å²) in [4.78, 5) is 21.4. The Morgan fingerprint density at radius 2 is 2.08 bits per heavy atom. The van der Waals surface area contributed by atoms with Gasteiger partial charge in [0, 0.05) is 0 Å². The second-order valence-corrected chi connectivity index (χ2v) is 6.27. The maximum absolute atomic E-state index is 14.0. The Morgan fingerprint density at radius 1 is 1.35 bits per heavy atom. The van der Waals surface area contributed by atoms with E-state index in [2.05, 4.69) is 5.32 Å². The fraction of sp³-hybridized carbons (Fsp3) is 0.263. The molecule has 0 fully saturated rings. The maximum atomic E-state index is 14.0. The van der Waals surface area contributed by atoms with Crippen LogP contribution in [0.15, 0.2) is 24.3 Å². The summed E-state index contributed by atoms with van der Waals surface area (Å²) >= 11 is 6.43. The minimum absolute atomic E-state index is 0.132. The van der Waals surface area contributed by atoms with Gasteiger partial charge in [0.2, 0.25) is 6.41 Å². The summed E-state index contributed by atoms with van der Waals surface area (Å²) in [5, 5.41) is 3.00. The van der Waals surface area contributed by atoms with E-state index >= 15 is 0 Å². The molecule has 2 aromatic rings. The first-order valence-corrected chi connectivity index (χ1v) is 8.39. The SMILES string of the molecule is Cc1cc(Cc2ccc(C(N)=O)c(F)c2)c(C)c(Cl)c1OCCNC=O. The van der Waals surface area contributed by atoms with Crippen molar-refractivity contribution in [3.05, 3.63) is 62.9 Å². The zero-order chi connectivity index (χ0) is 19.3. The topological polar surface area (TPSA) is 81.4 Å². The first-order valence-electron chi connectivity index (χ1n) is 8.01. The predicted octanol–water partition coefficient (Wildman–Crippen LogP) is 2.91.